The van der Waals surface area contributed by atoms with Crippen LogP contribution in [0.5, 0.6) is 0 Å². The van der Waals surface area contributed by atoms with E-state index in [0.717, 1.165) is 5.56 Å². The summed E-state index contributed by atoms with van der Waals surface area (Å²) in [6, 6.07) is 5.00. The molecule has 3 nitrogen and oxygen atoms in total. The smallest absolute Gasteiger partial charge is 0.196 e. The fourth-order valence-electron chi connectivity index (χ4n) is 1.49. The van der Waals surface area contributed by atoms with Crippen molar-refractivity contribution in [3.8, 4) is 11.3 Å². The number of aromatic nitrogens is 1. The van der Waals surface area contributed by atoms with Crippen LogP contribution >= 0.6 is 0 Å². The summed E-state index contributed by atoms with van der Waals surface area (Å²) in [7, 11) is 0. The summed E-state index contributed by atoms with van der Waals surface area (Å²) in [5.41, 5.74) is 6.69. The molecular formula is C12H13FN2O. The van der Waals surface area contributed by atoms with Crippen molar-refractivity contribution in [2.24, 2.45) is 5.73 Å². The molecule has 0 atom stereocenters. The van der Waals surface area contributed by atoms with Gasteiger partial charge in [-0.15, -0.1) is 0 Å². The molecule has 0 radical (unpaired) electrons. The molecule has 0 aliphatic rings. The minimum Gasteiger partial charge on any atom is -0.441 e. The van der Waals surface area contributed by atoms with Crippen LogP contribution in [0.3, 0.4) is 0 Å². The molecule has 1 aromatic carbocycles. The molecular weight excluding hydrogens is 207 g/mol. The van der Waals surface area contributed by atoms with E-state index in [-0.39, 0.29) is 5.82 Å². The molecule has 0 spiro atoms. The average molecular weight is 220 g/mol. The topological polar surface area (TPSA) is 52.0 Å². The number of hydrogen-bond acceptors (Lipinski definition) is 3. The van der Waals surface area contributed by atoms with Crippen molar-refractivity contribution in [3.05, 3.63) is 41.7 Å². The van der Waals surface area contributed by atoms with Crippen LogP contribution in [0.2, 0.25) is 0 Å². The third kappa shape index (κ3) is 2.12. The molecule has 0 saturated carbocycles. The minimum atomic E-state index is -0.296. The van der Waals surface area contributed by atoms with Crippen LogP contribution in [-0.2, 0) is 6.42 Å². The highest BCUT2D eigenvalue weighted by Crippen LogP contribution is 2.24. The number of nitrogens with zero attached hydrogens (tertiary/aromatic N) is 1. The Labute approximate surface area is 93.1 Å². The minimum absolute atomic E-state index is 0.296. The van der Waals surface area contributed by atoms with E-state index in [9.17, 15) is 4.39 Å². The highest BCUT2D eigenvalue weighted by Gasteiger charge is 2.10. The van der Waals surface area contributed by atoms with Crippen LogP contribution in [0.4, 0.5) is 4.39 Å². The highest BCUT2D eigenvalue weighted by atomic mass is 19.1. The van der Waals surface area contributed by atoms with Crippen molar-refractivity contribution >= 4 is 0 Å². The first-order valence-electron chi connectivity index (χ1n) is 5.12. The second-order valence-electron chi connectivity index (χ2n) is 3.64. The largest absolute Gasteiger partial charge is 0.441 e. The van der Waals surface area contributed by atoms with E-state index in [2.05, 4.69) is 4.98 Å². The fraction of sp³-hybridized carbons (Fsp3) is 0.250. The normalized spacial score (nSPS) is 10.7. The Balaban J connectivity index is 2.35. The lowest BCUT2D eigenvalue weighted by Gasteiger charge is -1.99. The van der Waals surface area contributed by atoms with Gasteiger partial charge in [-0.3, -0.25) is 0 Å². The van der Waals surface area contributed by atoms with E-state index < -0.39 is 0 Å². The zero-order valence-corrected chi connectivity index (χ0v) is 9.03. The summed E-state index contributed by atoms with van der Waals surface area (Å²) >= 11 is 0. The van der Waals surface area contributed by atoms with Crippen LogP contribution in [0.15, 0.2) is 28.8 Å². The van der Waals surface area contributed by atoms with E-state index >= 15 is 0 Å². The lowest BCUT2D eigenvalue weighted by Crippen LogP contribution is -2.02. The van der Waals surface area contributed by atoms with Gasteiger partial charge in [0.2, 0.25) is 0 Å². The van der Waals surface area contributed by atoms with Crippen LogP contribution in [0.1, 0.15) is 11.5 Å². The van der Waals surface area contributed by atoms with Gasteiger partial charge < -0.3 is 10.2 Å². The highest BCUT2D eigenvalue weighted by molar-refractivity contribution is 5.57. The standard InChI is InChI=1S/C12H13FN2O/c1-8-2-3-9(10(13)6-8)11-7-15-12(16-11)4-5-14/h2-3,6-7H,4-5,14H2,1H3. The molecule has 1 aromatic heterocycles. The quantitative estimate of drug-likeness (QED) is 0.863. The monoisotopic (exact) mass is 220 g/mol. The number of oxazole rings is 1. The second kappa shape index (κ2) is 4.45. The first-order chi connectivity index (χ1) is 7.70. The predicted octanol–water partition coefficient (Wildman–Crippen LogP) is 2.29. The molecule has 0 aliphatic carbocycles. The lowest BCUT2D eigenvalue weighted by atomic mass is 10.1. The molecule has 16 heavy (non-hydrogen) atoms. The summed E-state index contributed by atoms with van der Waals surface area (Å²) in [4.78, 5) is 4.03. The van der Waals surface area contributed by atoms with Crippen molar-refractivity contribution in [1.29, 1.82) is 0 Å². The lowest BCUT2D eigenvalue weighted by molar-refractivity contribution is 0.504. The molecule has 1 heterocycles. The number of hydrogen-bond donors (Lipinski definition) is 1. The van der Waals surface area contributed by atoms with Crippen LogP contribution in [0, 0.1) is 12.7 Å². The van der Waals surface area contributed by atoms with Gasteiger partial charge in [0.25, 0.3) is 0 Å². The van der Waals surface area contributed by atoms with Gasteiger partial charge in [-0.2, -0.15) is 0 Å². The van der Waals surface area contributed by atoms with Crippen molar-refractivity contribution in [3.63, 3.8) is 0 Å². The Bertz CT molecular complexity index is 494. The fourth-order valence-corrected chi connectivity index (χ4v) is 1.49. The van der Waals surface area contributed by atoms with Crippen molar-refractivity contribution in [2.45, 2.75) is 13.3 Å². The molecule has 0 bridgehead atoms. The SMILES string of the molecule is Cc1ccc(-c2cnc(CCN)o2)c(F)c1. The summed E-state index contributed by atoms with van der Waals surface area (Å²) in [6.45, 7) is 2.31. The zero-order chi connectivity index (χ0) is 11.5. The molecule has 0 aliphatic heterocycles. The van der Waals surface area contributed by atoms with Gasteiger partial charge in [0.15, 0.2) is 11.7 Å². The van der Waals surface area contributed by atoms with E-state index in [1.807, 2.05) is 13.0 Å². The predicted molar refractivity (Wildman–Crippen MR) is 59.4 cm³/mol. The van der Waals surface area contributed by atoms with E-state index in [0.29, 0.717) is 30.2 Å². The van der Waals surface area contributed by atoms with Gasteiger partial charge in [-0.05, 0) is 24.6 Å². The van der Waals surface area contributed by atoms with Crippen LogP contribution in [0.25, 0.3) is 11.3 Å². The van der Waals surface area contributed by atoms with Gasteiger partial charge in [0, 0.05) is 13.0 Å². The molecule has 4 heteroatoms. The second-order valence-corrected chi connectivity index (χ2v) is 3.64. The van der Waals surface area contributed by atoms with Gasteiger partial charge in [-0.25, -0.2) is 9.37 Å². The third-order valence-electron chi connectivity index (χ3n) is 2.30. The summed E-state index contributed by atoms with van der Waals surface area (Å²) in [5.74, 6) is 0.689. The average Bonchev–Trinajstić information content (AvgIpc) is 2.67. The van der Waals surface area contributed by atoms with Gasteiger partial charge in [0.1, 0.15) is 5.82 Å². The summed E-state index contributed by atoms with van der Waals surface area (Å²) in [5, 5.41) is 0. The Kier molecular flexibility index (Phi) is 3.01. The number of benzene rings is 1. The Morgan fingerprint density at radius 1 is 1.44 bits per heavy atom. The number of aryl methyl sites for hydroxylation is 1. The zero-order valence-electron chi connectivity index (χ0n) is 9.03. The molecule has 0 saturated heterocycles. The van der Waals surface area contributed by atoms with E-state index in [1.54, 1.807) is 6.07 Å². The van der Waals surface area contributed by atoms with Crippen molar-refractivity contribution < 1.29 is 8.81 Å². The van der Waals surface area contributed by atoms with Gasteiger partial charge >= 0.3 is 0 Å². The van der Waals surface area contributed by atoms with Crippen LogP contribution < -0.4 is 5.73 Å². The van der Waals surface area contributed by atoms with Crippen molar-refractivity contribution in [1.82, 2.24) is 4.98 Å². The molecule has 0 amide bonds. The molecule has 2 N–H and O–H groups in total. The first-order valence-corrected chi connectivity index (χ1v) is 5.12. The maximum Gasteiger partial charge on any atom is 0.196 e. The molecule has 84 valence electrons. The Morgan fingerprint density at radius 3 is 2.94 bits per heavy atom. The van der Waals surface area contributed by atoms with Gasteiger partial charge in [0.05, 0.1) is 11.8 Å². The molecule has 0 unspecified atom stereocenters. The maximum atomic E-state index is 13.6. The van der Waals surface area contributed by atoms with Gasteiger partial charge in [-0.1, -0.05) is 6.07 Å². The number of nitrogens with two attached hydrogens (primary N) is 1. The number of halogens is 1. The van der Waals surface area contributed by atoms with Crippen molar-refractivity contribution in [2.75, 3.05) is 6.54 Å². The maximum absolute atomic E-state index is 13.6. The molecule has 2 rings (SSSR count). The number of rotatable bonds is 3. The Hall–Kier alpha value is -1.68. The Morgan fingerprint density at radius 2 is 2.25 bits per heavy atom. The van der Waals surface area contributed by atoms with E-state index in [1.165, 1.54) is 12.3 Å². The molecule has 0 fully saturated rings. The molecule has 2 aromatic rings. The van der Waals surface area contributed by atoms with E-state index in [4.69, 9.17) is 10.2 Å². The summed E-state index contributed by atoms with van der Waals surface area (Å²) in [6.07, 6.45) is 2.09. The van der Waals surface area contributed by atoms with Crippen LogP contribution in [-0.4, -0.2) is 11.5 Å². The third-order valence-corrected chi connectivity index (χ3v) is 2.30. The summed E-state index contributed by atoms with van der Waals surface area (Å²) < 4.78 is 19.0. The first kappa shape index (κ1) is 10.8.